The Balaban J connectivity index is 1.60. The molecule has 2 N–H and O–H groups in total. The molecular weight excluding hydrogens is 308 g/mol. The normalized spacial score (nSPS) is 14.6. The predicted molar refractivity (Wildman–Crippen MR) is 76.2 cm³/mol. The van der Waals surface area contributed by atoms with E-state index in [2.05, 4.69) is 31.5 Å². The van der Waals surface area contributed by atoms with E-state index in [1.165, 1.54) is 0 Å². The maximum Gasteiger partial charge on any atom is 0.315 e. The zero-order chi connectivity index (χ0) is 13.2. The minimum absolute atomic E-state index is 0.0811. The number of carbonyl (C=O) groups is 1. The lowest BCUT2D eigenvalue weighted by molar-refractivity contribution is 0.240. The Kier molecular flexibility index (Phi) is 3.42. The second-order valence-electron chi connectivity index (χ2n) is 4.70. The minimum Gasteiger partial charge on any atom is -0.338 e. The van der Waals surface area contributed by atoms with Crippen molar-refractivity contribution >= 4 is 27.5 Å². The fraction of sp³-hybridized carbons (Fsp3) is 0.385. The Labute approximate surface area is 119 Å². The van der Waals surface area contributed by atoms with Crippen LogP contribution in [-0.2, 0) is 6.42 Å². The average Bonchev–Trinajstić information content (AvgIpc) is 3.15. The van der Waals surface area contributed by atoms with Gasteiger partial charge in [0.05, 0.1) is 5.52 Å². The number of pyridine rings is 1. The molecule has 1 fully saturated rings. The van der Waals surface area contributed by atoms with E-state index < -0.39 is 0 Å². The Morgan fingerprint density at radius 3 is 3.11 bits per heavy atom. The molecule has 2 aromatic rings. The van der Waals surface area contributed by atoms with Gasteiger partial charge in [-0.1, -0.05) is 6.07 Å². The van der Waals surface area contributed by atoms with Crippen LogP contribution in [0.25, 0.3) is 5.52 Å². The first kappa shape index (κ1) is 12.5. The zero-order valence-corrected chi connectivity index (χ0v) is 12.0. The van der Waals surface area contributed by atoms with Crippen LogP contribution < -0.4 is 10.6 Å². The Hall–Kier alpha value is -1.56. The third-order valence-corrected chi connectivity index (χ3v) is 3.71. The summed E-state index contributed by atoms with van der Waals surface area (Å²) in [5, 5.41) is 5.75. The quantitative estimate of drug-likeness (QED) is 0.905. The number of nitrogens with one attached hydrogen (secondary N) is 2. The van der Waals surface area contributed by atoms with E-state index >= 15 is 0 Å². The van der Waals surface area contributed by atoms with Gasteiger partial charge in [-0.15, -0.1) is 0 Å². The number of nitrogens with zero attached hydrogens (tertiary/aromatic N) is 2. The van der Waals surface area contributed by atoms with Crippen molar-refractivity contribution in [3.05, 3.63) is 34.8 Å². The van der Waals surface area contributed by atoms with Crippen LogP contribution in [0, 0.1) is 0 Å². The monoisotopic (exact) mass is 322 g/mol. The van der Waals surface area contributed by atoms with E-state index in [1.54, 1.807) is 0 Å². The van der Waals surface area contributed by atoms with Gasteiger partial charge in [0.25, 0.3) is 0 Å². The van der Waals surface area contributed by atoms with Crippen molar-refractivity contribution in [3.63, 3.8) is 0 Å². The van der Waals surface area contributed by atoms with Gasteiger partial charge in [-0.05, 0) is 40.9 Å². The molecule has 2 heterocycles. The molecule has 0 atom stereocenters. The van der Waals surface area contributed by atoms with E-state index in [0.717, 1.165) is 28.8 Å². The average molecular weight is 323 g/mol. The van der Waals surface area contributed by atoms with Crippen molar-refractivity contribution in [2.24, 2.45) is 0 Å². The number of hydrogen-bond donors (Lipinski definition) is 2. The van der Waals surface area contributed by atoms with Crippen LogP contribution in [0.15, 0.2) is 29.0 Å². The molecule has 0 aromatic carbocycles. The third kappa shape index (κ3) is 2.89. The number of carbonyl (C=O) groups excluding carboxylic acids is 1. The number of imidazole rings is 1. The molecule has 6 heteroatoms. The van der Waals surface area contributed by atoms with Gasteiger partial charge in [0.2, 0.25) is 0 Å². The fourth-order valence-electron chi connectivity index (χ4n) is 1.99. The highest BCUT2D eigenvalue weighted by Crippen LogP contribution is 2.19. The first-order chi connectivity index (χ1) is 9.24. The van der Waals surface area contributed by atoms with Crippen LogP contribution in [0.1, 0.15) is 18.7 Å². The highest BCUT2D eigenvalue weighted by atomic mass is 79.9. The lowest BCUT2D eigenvalue weighted by atomic mass is 10.4. The molecule has 0 unspecified atom stereocenters. The minimum atomic E-state index is -0.0811. The molecule has 19 heavy (non-hydrogen) atoms. The molecule has 5 nitrogen and oxygen atoms in total. The maximum absolute atomic E-state index is 11.5. The number of aromatic nitrogens is 2. The van der Waals surface area contributed by atoms with Gasteiger partial charge in [0, 0.05) is 25.2 Å². The van der Waals surface area contributed by atoms with E-state index in [9.17, 15) is 4.79 Å². The summed E-state index contributed by atoms with van der Waals surface area (Å²) in [6.07, 6.45) is 4.89. The van der Waals surface area contributed by atoms with Gasteiger partial charge in [0.1, 0.15) is 10.4 Å². The summed E-state index contributed by atoms with van der Waals surface area (Å²) >= 11 is 3.45. The number of hydrogen-bond acceptors (Lipinski definition) is 2. The van der Waals surface area contributed by atoms with E-state index in [0.29, 0.717) is 19.0 Å². The lowest BCUT2D eigenvalue weighted by Crippen LogP contribution is -2.37. The summed E-state index contributed by atoms with van der Waals surface area (Å²) in [7, 11) is 0. The summed E-state index contributed by atoms with van der Waals surface area (Å²) in [5.41, 5.74) is 1.04. The Morgan fingerprint density at radius 2 is 2.32 bits per heavy atom. The van der Waals surface area contributed by atoms with Crippen molar-refractivity contribution in [1.29, 1.82) is 0 Å². The highest BCUT2D eigenvalue weighted by Gasteiger charge is 2.22. The van der Waals surface area contributed by atoms with Crippen molar-refractivity contribution in [2.75, 3.05) is 6.54 Å². The number of rotatable bonds is 4. The van der Waals surface area contributed by atoms with Gasteiger partial charge >= 0.3 is 6.03 Å². The summed E-state index contributed by atoms with van der Waals surface area (Å²) in [4.78, 5) is 16.0. The van der Waals surface area contributed by atoms with Crippen LogP contribution in [0.5, 0.6) is 0 Å². The molecule has 0 aliphatic heterocycles. The predicted octanol–water partition coefficient (Wildman–Crippen LogP) is 2.10. The highest BCUT2D eigenvalue weighted by molar-refractivity contribution is 9.10. The zero-order valence-electron chi connectivity index (χ0n) is 10.4. The van der Waals surface area contributed by atoms with Crippen molar-refractivity contribution in [3.8, 4) is 0 Å². The van der Waals surface area contributed by atoms with Gasteiger partial charge in [-0.25, -0.2) is 9.78 Å². The van der Waals surface area contributed by atoms with Crippen molar-refractivity contribution < 1.29 is 4.79 Å². The summed E-state index contributed by atoms with van der Waals surface area (Å²) < 4.78 is 2.87. The first-order valence-electron chi connectivity index (χ1n) is 6.40. The Bertz CT molecular complexity index is 606. The topological polar surface area (TPSA) is 58.4 Å². The molecule has 2 amide bonds. The molecule has 0 radical (unpaired) electrons. The third-order valence-electron chi connectivity index (χ3n) is 3.12. The molecule has 100 valence electrons. The largest absolute Gasteiger partial charge is 0.338 e. The molecule has 0 bridgehead atoms. The number of amides is 2. The molecule has 1 saturated carbocycles. The molecular formula is C13H15BrN4O. The SMILES string of the molecule is O=C(NCCc1nc(Br)c2ccccn12)NC1CC1. The molecule has 0 saturated heterocycles. The summed E-state index contributed by atoms with van der Waals surface area (Å²) in [6, 6.07) is 6.27. The molecule has 1 aliphatic rings. The van der Waals surface area contributed by atoms with Crippen LogP contribution in [0.3, 0.4) is 0 Å². The second kappa shape index (κ2) is 5.21. The van der Waals surface area contributed by atoms with Gasteiger partial charge in [-0.3, -0.25) is 0 Å². The van der Waals surface area contributed by atoms with Gasteiger partial charge < -0.3 is 15.0 Å². The lowest BCUT2D eigenvalue weighted by Gasteiger charge is -2.05. The maximum atomic E-state index is 11.5. The fourth-order valence-corrected chi connectivity index (χ4v) is 2.52. The summed E-state index contributed by atoms with van der Waals surface area (Å²) in [5.74, 6) is 0.939. The van der Waals surface area contributed by atoms with Crippen molar-refractivity contribution in [2.45, 2.75) is 25.3 Å². The molecule has 3 rings (SSSR count). The Morgan fingerprint density at radius 1 is 1.47 bits per heavy atom. The second-order valence-corrected chi connectivity index (χ2v) is 5.45. The van der Waals surface area contributed by atoms with Crippen molar-refractivity contribution in [1.82, 2.24) is 20.0 Å². The van der Waals surface area contributed by atoms with Crippen LogP contribution >= 0.6 is 15.9 Å². The van der Waals surface area contributed by atoms with E-state index in [1.807, 2.05) is 28.8 Å². The van der Waals surface area contributed by atoms with Crippen LogP contribution in [0.4, 0.5) is 4.79 Å². The van der Waals surface area contributed by atoms with E-state index in [-0.39, 0.29) is 6.03 Å². The summed E-state index contributed by atoms with van der Waals surface area (Å²) in [6.45, 7) is 0.582. The standard InChI is InChI=1S/C13H15BrN4O/c14-12-10-3-1-2-8-18(10)11(17-12)6-7-15-13(19)16-9-4-5-9/h1-3,8-9H,4-7H2,(H2,15,16,19). The molecule has 2 aromatic heterocycles. The smallest absolute Gasteiger partial charge is 0.315 e. The number of urea groups is 1. The van der Waals surface area contributed by atoms with E-state index in [4.69, 9.17) is 0 Å². The van der Waals surface area contributed by atoms with Crippen LogP contribution in [0.2, 0.25) is 0 Å². The first-order valence-corrected chi connectivity index (χ1v) is 7.19. The molecule has 0 spiro atoms. The number of fused-ring (bicyclic) bond motifs is 1. The van der Waals surface area contributed by atoms with Gasteiger partial charge in [-0.2, -0.15) is 0 Å². The number of halogens is 1. The molecule has 1 aliphatic carbocycles. The van der Waals surface area contributed by atoms with Gasteiger partial charge in [0.15, 0.2) is 0 Å². The van der Waals surface area contributed by atoms with Crippen LogP contribution in [-0.4, -0.2) is 28.0 Å².